The molecule has 0 aliphatic carbocycles. The van der Waals surface area contributed by atoms with Crippen molar-refractivity contribution in [2.24, 2.45) is 5.92 Å². The van der Waals surface area contributed by atoms with E-state index >= 15 is 19.2 Å². The summed E-state index contributed by atoms with van der Waals surface area (Å²) in [7, 11) is 1.59. The molecule has 0 saturated carbocycles. The SMILES string of the molecule is COc1ccc(-c2ccc3c(c2)[C@]2(C(=O)N3C(=O)N[C@@H](C)c3ccccc3)[C@H](c3cccc(OCCO)c3)N3[C@H](c4ccccc4)[C@H](c4ccccc4)OC(=O)[C@H]3[C@@H]2C(=O)Nc2ccc(N3CCN(C(C)=O)CC3)cc2)cc1. The molecule has 3 fully saturated rings. The Balaban J connectivity index is 1.15. The topological polar surface area (TPSA) is 170 Å². The van der Waals surface area contributed by atoms with Gasteiger partial charge in [0.1, 0.15) is 35.7 Å². The molecule has 15 heteroatoms. The van der Waals surface area contributed by atoms with Gasteiger partial charge in [0.05, 0.1) is 43.4 Å². The third kappa shape index (κ3) is 9.28. The van der Waals surface area contributed by atoms with Crippen molar-refractivity contribution in [2.45, 2.75) is 49.5 Å². The summed E-state index contributed by atoms with van der Waals surface area (Å²) >= 11 is 0. The minimum atomic E-state index is -2.07. The van der Waals surface area contributed by atoms with E-state index < -0.39 is 65.4 Å². The van der Waals surface area contributed by atoms with Crippen molar-refractivity contribution in [3.05, 3.63) is 210 Å². The number of morpholine rings is 1. The summed E-state index contributed by atoms with van der Waals surface area (Å²) in [6.07, 6.45) is -0.940. The van der Waals surface area contributed by atoms with Crippen molar-refractivity contribution < 1.29 is 43.3 Å². The van der Waals surface area contributed by atoms with Crippen LogP contribution in [0.1, 0.15) is 65.9 Å². The molecule has 4 aliphatic heterocycles. The number of urea groups is 1. The molecule has 4 heterocycles. The lowest BCUT2D eigenvalue weighted by Gasteiger charge is -2.46. The van der Waals surface area contributed by atoms with Crippen molar-refractivity contribution in [1.29, 1.82) is 0 Å². The van der Waals surface area contributed by atoms with Crippen LogP contribution in [0.4, 0.5) is 21.9 Å². The number of nitrogens with zero attached hydrogens (tertiary/aromatic N) is 4. The number of methoxy groups -OCH3 is 1. The molecular weight excluding hydrogens is 985 g/mol. The van der Waals surface area contributed by atoms with Crippen LogP contribution in [-0.4, -0.2) is 97.2 Å². The minimum absolute atomic E-state index is 0.0271. The smallest absolute Gasteiger partial charge is 0.329 e. The van der Waals surface area contributed by atoms with Crippen LogP contribution in [0.3, 0.4) is 0 Å². The molecule has 0 unspecified atom stereocenters. The van der Waals surface area contributed by atoms with Gasteiger partial charge in [-0.2, -0.15) is 0 Å². The molecule has 78 heavy (non-hydrogen) atoms. The predicted octanol–water partition coefficient (Wildman–Crippen LogP) is 9.18. The molecule has 7 atom stereocenters. The zero-order valence-corrected chi connectivity index (χ0v) is 43.5. The maximum atomic E-state index is 17.0. The number of aliphatic hydroxyl groups excluding tert-OH is 1. The molecule has 11 rings (SSSR count). The Labute approximate surface area is 452 Å². The largest absolute Gasteiger partial charge is 0.497 e. The maximum absolute atomic E-state index is 17.0. The first kappa shape index (κ1) is 51.3. The summed E-state index contributed by atoms with van der Waals surface area (Å²) in [5, 5.41) is 16.2. The van der Waals surface area contributed by atoms with Crippen LogP contribution in [0, 0.1) is 5.92 Å². The van der Waals surface area contributed by atoms with Crippen molar-refractivity contribution >= 4 is 46.8 Å². The van der Waals surface area contributed by atoms with Gasteiger partial charge in [-0.15, -0.1) is 0 Å². The highest BCUT2D eigenvalue weighted by atomic mass is 16.6. The number of carbonyl (C=O) groups is 5. The van der Waals surface area contributed by atoms with Gasteiger partial charge >= 0.3 is 12.0 Å². The van der Waals surface area contributed by atoms with Gasteiger partial charge in [-0.25, -0.2) is 9.69 Å². The number of amides is 5. The summed E-state index contributed by atoms with van der Waals surface area (Å²) in [5.41, 5.74) is 4.03. The van der Waals surface area contributed by atoms with E-state index in [0.29, 0.717) is 65.6 Å². The molecule has 3 N–H and O–H groups in total. The number of cyclic esters (lactones) is 1. The first-order chi connectivity index (χ1) is 38.0. The third-order valence-electron chi connectivity index (χ3n) is 15.8. The normalized spacial score (nSPS) is 22.1. The van der Waals surface area contributed by atoms with Gasteiger partial charge < -0.3 is 39.8 Å². The standard InChI is InChI=1S/C63H60N6O9/c1-40(42-14-7-4-8-15-42)64-62(75)68-53-31-24-46(43-22-29-50(76-3)30-23-43)39-52(53)63(61(68)74)54(59(72)65-48-25-27-49(28-26-48)67-34-32-66(33-35-67)41(2)71)56-60(73)78-57(45-18-11-6-12-19-45)55(44-16-9-5-10-17-44)69(56)58(63)47-20-13-21-51(38-47)77-37-36-70/h4-31,38-40,54-58,70H,32-37H2,1-3H3,(H,64,75)(H,65,72)/t40-,54+,55+,56+,57-,58-,63+/m0/s1. The summed E-state index contributed by atoms with van der Waals surface area (Å²) in [6.45, 7) is 5.53. The Hall–Kier alpha value is -8.79. The average Bonchev–Trinajstić information content (AvgIpc) is 4.13. The Bertz CT molecular complexity index is 3340. The molecule has 3 saturated heterocycles. The predicted molar refractivity (Wildman–Crippen MR) is 296 cm³/mol. The second-order valence-corrected chi connectivity index (χ2v) is 20.1. The number of benzene rings is 7. The van der Waals surface area contributed by atoms with E-state index in [1.54, 1.807) is 50.4 Å². The third-order valence-corrected chi connectivity index (χ3v) is 15.8. The van der Waals surface area contributed by atoms with Gasteiger partial charge in [0.25, 0.3) is 0 Å². The van der Waals surface area contributed by atoms with E-state index in [4.69, 9.17) is 14.2 Å². The van der Waals surface area contributed by atoms with Crippen LogP contribution in [-0.2, 0) is 29.3 Å². The molecule has 15 nitrogen and oxygen atoms in total. The van der Waals surface area contributed by atoms with E-state index in [1.807, 2.05) is 162 Å². The minimum Gasteiger partial charge on any atom is -0.497 e. The molecule has 4 aliphatic rings. The van der Waals surface area contributed by atoms with Crippen molar-refractivity contribution in [3.8, 4) is 22.6 Å². The van der Waals surface area contributed by atoms with E-state index in [9.17, 15) is 9.90 Å². The summed E-state index contributed by atoms with van der Waals surface area (Å²) in [5.74, 6) is -2.63. The monoisotopic (exact) mass is 1040 g/mol. The highest BCUT2D eigenvalue weighted by Crippen LogP contribution is 2.66. The van der Waals surface area contributed by atoms with Gasteiger partial charge in [0, 0.05) is 44.5 Å². The summed E-state index contributed by atoms with van der Waals surface area (Å²) in [6, 6.07) is 51.2. The zero-order chi connectivity index (χ0) is 54.1. The Morgan fingerprint density at radius 1 is 0.705 bits per heavy atom. The van der Waals surface area contributed by atoms with Crippen LogP contribution >= 0.6 is 0 Å². The van der Waals surface area contributed by atoms with E-state index in [2.05, 4.69) is 15.5 Å². The number of anilines is 3. The lowest BCUT2D eigenvalue weighted by Crippen LogP contribution is -2.55. The molecule has 0 radical (unpaired) electrons. The number of hydrogen-bond acceptors (Lipinski definition) is 11. The number of aliphatic hydroxyl groups is 1. The van der Waals surface area contributed by atoms with E-state index in [1.165, 1.54) is 0 Å². The molecule has 0 aromatic heterocycles. The number of fused-ring (bicyclic) bond motifs is 3. The molecule has 7 aromatic rings. The second kappa shape index (κ2) is 21.7. The van der Waals surface area contributed by atoms with Gasteiger partial charge in [-0.1, -0.05) is 121 Å². The quantitative estimate of drug-likeness (QED) is 0.0942. The number of ether oxygens (including phenoxy) is 3. The van der Waals surface area contributed by atoms with Crippen LogP contribution in [0.2, 0.25) is 0 Å². The second-order valence-electron chi connectivity index (χ2n) is 20.1. The first-order valence-electron chi connectivity index (χ1n) is 26.3. The fourth-order valence-corrected chi connectivity index (χ4v) is 12.1. The Morgan fingerprint density at radius 3 is 2.00 bits per heavy atom. The van der Waals surface area contributed by atoms with Crippen molar-refractivity contribution in [2.75, 3.05) is 61.6 Å². The van der Waals surface area contributed by atoms with Crippen LogP contribution in [0.5, 0.6) is 11.5 Å². The number of imide groups is 1. The molecule has 5 amide bonds. The molecule has 7 aromatic carbocycles. The molecule has 0 bridgehead atoms. The Morgan fingerprint density at radius 2 is 1.35 bits per heavy atom. The highest BCUT2D eigenvalue weighted by Gasteiger charge is 2.75. The van der Waals surface area contributed by atoms with E-state index in [0.717, 1.165) is 27.3 Å². The van der Waals surface area contributed by atoms with Gasteiger partial charge in [0.15, 0.2) is 0 Å². The molecule has 1 spiro atoms. The van der Waals surface area contributed by atoms with Crippen molar-refractivity contribution in [1.82, 2.24) is 15.1 Å². The van der Waals surface area contributed by atoms with Crippen LogP contribution < -0.4 is 29.9 Å². The Kier molecular flexibility index (Phi) is 14.3. The van der Waals surface area contributed by atoms with Gasteiger partial charge in [0.2, 0.25) is 17.7 Å². The molecule has 396 valence electrons. The number of esters is 1. The van der Waals surface area contributed by atoms with Gasteiger partial charge in [-0.05, 0) is 107 Å². The fraction of sp³-hybridized carbons (Fsp3) is 0.254. The maximum Gasteiger partial charge on any atom is 0.329 e. The van der Waals surface area contributed by atoms with Crippen LogP contribution in [0.15, 0.2) is 182 Å². The van der Waals surface area contributed by atoms with Gasteiger partial charge in [-0.3, -0.25) is 24.1 Å². The highest BCUT2D eigenvalue weighted by molar-refractivity contribution is 6.25. The molecular formula is C63H60N6O9. The fourth-order valence-electron chi connectivity index (χ4n) is 12.1. The lowest BCUT2D eigenvalue weighted by molar-refractivity contribution is -0.177. The lowest BCUT2D eigenvalue weighted by atomic mass is 9.65. The first-order valence-corrected chi connectivity index (χ1v) is 26.3. The van der Waals surface area contributed by atoms with Crippen molar-refractivity contribution in [3.63, 3.8) is 0 Å². The summed E-state index contributed by atoms with van der Waals surface area (Å²) < 4.78 is 18.3. The number of rotatable bonds is 13. The average molecular weight is 1050 g/mol. The summed E-state index contributed by atoms with van der Waals surface area (Å²) in [4.78, 5) is 83.7. The number of carbonyl (C=O) groups excluding carboxylic acids is 5. The number of nitrogens with one attached hydrogen (secondary N) is 2. The van der Waals surface area contributed by atoms with Crippen LogP contribution in [0.25, 0.3) is 11.1 Å². The number of hydrogen-bond donors (Lipinski definition) is 3. The number of piperazine rings is 1. The zero-order valence-electron chi connectivity index (χ0n) is 43.5. The van der Waals surface area contributed by atoms with E-state index in [-0.39, 0.29) is 24.8 Å².